The highest BCUT2D eigenvalue weighted by molar-refractivity contribution is 7.25. The summed E-state index contributed by atoms with van der Waals surface area (Å²) in [7, 11) is 0. The molecule has 0 saturated carbocycles. The van der Waals surface area contributed by atoms with Gasteiger partial charge >= 0.3 is 0 Å². The van der Waals surface area contributed by atoms with Crippen LogP contribution in [0.5, 0.6) is 0 Å². The normalized spacial score (nSPS) is 11.2. The van der Waals surface area contributed by atoms with Gasteiger partial charge < -0.3 is 10.2 Å². The number of hydrogen-bond donors (Lipinski definition) is 1. The van der Waals surface area contributed by atoms with Crippen molar-refractivity contribution < 1.29 is 0 Å². The summed E-state index contributed by atoms with van der Waals surface area (Å²) in [5.74, 6) is 0. The quantitative estimate of drug-likeness (QED) is 0.323. The number of benzene rings is 2. The highest BCUT2D eigenvalue weighted by Gasteiger charge is 2.14. The predicted molar refractivity (Wildman–Crippen MR) is 137 cm³/mol. The van der Waals surface area contributed by atoms with E-state index in [9.17, 15) is 4.79 Å². The lowest BCUT2D eigenvalue weighted by Gasteiger charge is -2.22. The molecule has 6 heteroatoms. The van der Waals surface area contributed by atoms with Crippen LogP contribution in [0.4, 0.5) is 5.69 Å². The van der Waals surface area contributed by atoms with E-state index in [1.807, 2.05) is 24.3 Å². The number of fused-ring (bicyclic) bond motifs is 2. The van der Waals surface area contributed by atoms with Crippen molar-refractivity contribution in [3.8, 4) is 0 Å². The van der Waals surface area contributed by atoms with E-state index in [2.05, 4.69) is 37.1 Å². The van der Waals surface area contributed by atoms with Crippen LogP contribution in [0.2, 0.25) is 5.02 Å². The molecule has 0 bridgehead atoms. The maximum absolute atomic E-state index is 13.3. The number of unbranched alkanes of at least 4 members (excludes halogenated alkanes) is 2. The van der Waals surface area contributed by atoms with Gasteiger partial charge in [0.15, 0.2) is 5.43 Å². The van der Waals surface area contributed by atoms with Crippen LogP contribution < -0.4 is 10.7 Å². The van der Waals surface area contributed by atoms with Crippen molar-refractivity contribution in [1.82, 2.24) is 4.90 Å². The standard InChI is InChI=1S/C24H31ClN2OS.ClH/c1-4-6-14-27(15-7-5-2)16-13-26-20-12-11-17(3)23-21(20)22(28)18-9-8-10-19(25)24(18)29-23;/h8-12,26H,4-7,13-16H2,1-3H3;1H. The monoisotopic (exact) mass is 466 g/mol. The number of hydrogen-bond acceptors (Lipinski definition) is 4. The molecule has 3 nitrogen and oxygen atoms in total. The van der Waals surface area contributed by atoms with Crippen molar-refractivity contribution in [2.45, 2.75) is 46.5 Å². The van der Waals surface area contributed by atoms with Gasteiger partial charge in [-0.05, 0) is 56.6 Å². The fourth-order valence-corrected chi connectivity index (χ4v) is 5.13. The van der Waals surface area contributed by atoms with Crippen molar-refractivity contribution in [3.63, 3.8) is 0 Å². The van der Waals surface area contributed by atoms with Gasteiger partial charge in [-0.2, -0.15) is 0 Å². The van der Waals surface area contributed by atoms with Crippen LogP contribution in [0.15, 0.2) is 35.1 Å². The van der Waals surface area contributed by atoms with Gasteiger partial charge in [-0.15, -0.1) is 23.7 Å². The third-order valence-electron chi connectivity index (χ3n) is 5.40. The summed E-state index contributed by atoms with van der Waals surface area (Å²) < 4.78 is 1.90. The molecular formula is C24H32Cl2N2OS. The van der Waals surface area contributed by atoms with E-state index in [1.54, 1.807) is 11.3 Å². The van der Waals surface area contributed by atoms with Crippen LogP contribution in [0.25, 0.3) is 20.2 Å². The van der Waals surface area contributed by atoms with Crippen molar-refractivity contribution in [2.24, 2.45) is 0 Å². The largest absolute Gasteiger partial charge is 0.383 e. The number of nitrogens with one attached hydrogen (secondary N) is 1. The smallest absolute Gasteiger partial charge is 0.198 e. The van der Waals surface area contributed by atoms with Gasteiger partial charge in [0.1, 0.15) is 0 Å². The van der Waals surface area contributed by atoms with Crippen LogP contribution in [0.1, 0.15) is 45.1 Å². The van der Waals surface area contributed by atoms with E-state index in [0.717, 1.165) is 52.2 Å². The highest BCUT2D eigenvalue weighted by atomic mass is 35.5. The Morgan fingerprint density at radius 3 is 2.37 bits per heavy atom. The molecule has 0 amide bonds. The molecule has 0 atom stereocenters. The third kappa shape index (κ3) is 5.67. The van der Waals surface area contributed by atoms with E-state index in [0.29, 0.717) is 10.4 Å². The summed E-state index contributed by atoms with van der Waals surface area (Å²) in [6.07, 6.45) is 4.90. The van der Waals surface area contributed by atoms with Crippen LogP contribution in [0, 0.1) is 6.92 Å². The fraction of sp³-hybridized carbons (Fsp3) is 0.458. The first kappa shape index (κ1) is 24.9. The lowest BCUT2D eigenvalue weighted by atomic mass is 10.1. The summed E-state index contributed by atoms with van der Waals surface area (Å²) in [5, 5.41) is 5.69. The van der Waals surface area contributed by atoms with Crippen LogP contribution in [-0.2, 0) is 0 Å². The first-order chi connectivity index (χ1) is 14.1. The second-order valence-electron chi connectivity index (χ2n) is 7.66. The number of nitrogens with zero attached hydrogens (tertiary/aromatic N) is 1. The van der Waals surface area contributed by atoms with E-state index in [4.69, 9.17) is 11.6 Å². The first-order valence-corrected chi connectivity index (χ1v) is 11.9. The molecule has 2 aromatic carbocycles. The molecule has 3 rings (SSSR count). The maximum atomic E-state index is 13.3. The molecular weight excluding hydrogens is 435 g/mol. The SMILES string of the molecule is CCCCN(CCCC)CCNc1ccc(C)c2sc3c(Cl)cccc3c(=O)c12.Cl. The molecule has 1 N–H and O–H groups in total. The van der Waals surface area contributed by atoms with Gasteiger partial charge in [0.2, 0.25) is 0 Å². The van der Waals surface area contributed by atoms with Gasteiger partial charge in [-0.3, -0.25) is 4.79 Å². The highest BCUT2D eigenvalue weighted by Crippen LogP contribution is 2.34. The first-order valence-electron chi connectivity index (χ1n) is 10.7. The summed E-state index contributed by atoms with van der Waals surface area (Å²) >= 11 is 7.99. The number of aryl methyl sites for hydroxylation is 1. The summed E-state index contributed by atoms with van der Waals surface area (Å²) in [5.41, 5.74) is 2.11. The minimum atomic E-state index is 0. The zero-order chi connectivity index (χ0) is 20.8. The average molecular weight is 468 g/mol. The Morgan fingerprint density at radius 2 is 1.70 bits per heavy atom. The van der Waals surface area contributed by atoms with Gasteiger partial charge in [0.25, 0.3) is 0 Å². The molecule has 0 radical (unpaired) electrons. The van der Waals surface area contributed by atoms with Crippen LogP contribution in [-0.4, -0.2) is 31.1 Å². The zero-order valence-corrected chi connectivity index (χ0v) is 20.5. The molecule has 164 valence electrons. The minimum Gasteiger partial charge on any atom is -0.383 e. The minimum absolute atomic E-state index is 0. The molecule has 0 unspecified atom stereocenters. The molecule has 1 heterocycles. The van der Waals surface area contributed by atoms with Gasteiger partial charge in [-0.25, -0.2) is 0 Å². The zero-order valence-electron chi connectivity index (χ0n) is 18.1. The Labute approximate surface area is 194 Å². The molecule has 30 heavy (non-hydrogen) atoms. The molecule has 0 aliphatic rings. The third-order valence-corrected chi connectivity index (χ3v) is 7.20. The molecule has 3 aromatic rings. The second-order valence-corrected chi connectivity index (χ2v) is 9.09. The molecule has 0 aliphatic carbocycles. The van der Waals surface area contributed by atoms with Crippen molar-refractivity contribution >= 4 is 61.2 Å². The van der Waals surface area contributed by atoms with Gasteiger partial charge in [0.05, 0.1) is 15.1 Å². The van der Waals surface area contributed by atoms with E-state index < -0.39 is 0 Å². The van der Waals surface area contributed by atoms with Crippen molar-refractivity contribution in [1.29, 1.82) is 0 Å². The van der Waals surface area contributed by atoms with Gasteiger partial charge in [0, 0.05) is 28.9 Å². The van der Waals surface area contributed by atoms with E-state index in [1.165, 1.54) is 25.7 Å². The average Bonchev–Trinajstić information content (AvgIpc) is 2.72. The number of rotatable bonds is 10. The Balaban J connectivity index is 0.00000320. The molecule has 0 fully saturated rings. The number of halogens is 2. The van der Waals surface area contributed by atoms with Crippen LogP contribution >= 0.6 is 35.3 Å². The Morgan fingerprint density at radius 1 is 1.00 bits per heavy atom. The molecule has 0 saturated heterocycles. The van der Waals surface area contributed by atoms with Crippen LogP contribution in [0.3, 0.4) is 0 Å². The fourth-order valence-electron chi connectivity index (χ4n) is 3.67. The predicted octanol–water partition coefficient (Wildman–Crippen LogP) is 7.11. The Kier molecular flexibility index (Phi) is 9.89. The lowest BCUT2D eigenvalue weighted by Crippen LogP contribution is -2.31. The molecule has 0 spiro atoms. The van der Waals surface area contributed by atoms with Crippen molar-refractivity contribution in [3.05, 3.63) is 51.1 Å². The second kappa shape index (κ2) is 11.9. The summed E-state index contributed by atoms with van der Waals surface area (Å²) in [6.45, 7) is 10.7. The molecule has 0 aliphatic heterocycles. The maximum Gasteiger partial charge on any atom is 0.198 e. The van der Waals surface area contributed by atoms with E-state index >= 15 is 0 Å². The number of anilines is 1. The Bertz CT molecular complexity index is 1030. The van der Waals surface area contributed by atoms with E-state index in [-0.39, 0.29) is 17.8 Å². The topological polar surface area (TPSA) is 32.3 Å². The summed E-state index contributed by atoms with van der Waals surface area (Å²) in [6, 6.07) is 9.72. The van der Waals surface area contributed by atoms with Crippen molar-refractivity contribution in [2.75, 3.05) is 31.5 Å². The Hall–Kier alpha value is -1.33. The molecule has 1 aromatic heterocycles. The summed E-state index contributed by atoms with van der Waals surface area (Å²) in [4.78, 5) is 15.8. The van der Waals surface area contributed by atoms with Gasteiger partial charge in [-0.1, -0.05) is 50.4 Å². The lowest BCUT2D eigenvalue weighted by molar-refractivity contribution is 0.275.